The number of para-hydroxylation sites is 2. The van der Waals surface area contributed by atoms with E-state index in [1.807, 2.05) is 49.1 Å². The number of carboxylic acids is 2. The van der Waals surface area contributed by atoms with E-state index in [1.54, 1.807) is 23.1 Å². The SMILES string of the molecule is CC(C)CN(C(=O)c1nnn(-c2ccccc2F)c1COc1ccccc1)[C@@H]1CNC[C@H](C(=O)N2CCOCC2)C1.O=C(O)C=CC(=O)O. The van der Waals surface area contributed by atoms with Crippen molar-refractivity contribution in [2.45, 2.75) is 32.9 Å². The molecule has 49 heavy (non-hydrogen) atoms. The number of rotatable bonds is 11. The molecule has 2 aromatic carbocycles. The lowest BCUT2D eigenvalue weighted by atomic mass is 9.92. The molecule has 2 fully saturated rings. The van der Waals surface area contributed by atoms with Gasteiger partial charge in [0.2, 0.25) is 5.91 Å². The lowest BCUT2D eigenvalue weighted by molar-refractivity contribution is -0.140. The maximum absolute atomic E-state index is 14.8. The molecule has 262 valence electrons. The van der Waals surface area contributed by atoms with Crippen LogP contribution in [0.4, 0.5) is 4.39 Å². The molecule has 0 unspecified atom stereocenters. The molecule has 2 atom stereocenters. The molecule has 0 bridgehead atoms. The second-order valence-corrected chi connectivity index (χ2v) is 11.9. The summed E-state index contributed by atoms with van der Waals surface area (Å²) in [6.07, 6.45) is 1.66. The number of nitrogens with one attached hydrogen (secondary N) is 1. The summed E-state index contributed by atoms with van der Waals surface area (Å²) in [4.78, 5) is 50.3. The molecule has 2 aliphatic rings. The minimum absolute atomic E-state index is 0.0387. The van der Waals surface area contributed by atoms with Gasteiger partial charge in [-0.15, -0.1) is 5.10 Å². The lowest BCUT2D eigenvalue weighted by Crippen LogP contribution is -2.56. The molecule has 0 saturated carbocycles. The van der Waals surface area contributed by atoms with Gasteiger partial charge in [-0.2, -0.15) is 0 Å². The van der Waals surface area contributed by atoms with Gasteiger partial charge in [-0.1, -0.05) is 49.4 Å². The molecule has 2 aliphatic heterocycles. The molecule has 5 rings (SSSR count). The van der Waals surface area contributed by atoms with Gasteiger partial charge in [0.15, 0.2) is 5.69 Å². The van der Waals surface area contributed by atoms with Crippen molar-refractivity contribution in [3.63, 3.8) is 0 Å². The predicted octanol–water partition coefficient (Wildman–Crippen LogP) is 2.63. The van der Waals surface area contributed by atoms with E-state index in [9.17, 15) is 23.6 Å². The van der Waals surface area contributed by atoms with Crippen LogP contribution in [0.15, 0.2) is 66.7 Å². The summed E-state index contributed by atoms with van der Waals surface area (Å²) in [6.45, 7) is 7.89. The number of benzene rings is 2. The highest BCUT2D eigenvalue weighted by molar-refractivity contribution is 5.94. The number of nitrogens with zero attached hydrogens (tertiary/aromatic N) is 5. The van der Waals surface area contributed by atoms with E-state index >= 15 is 0 Å². The van der Waals surface area contributed by atoms with Crippen LogP contribution in [0.3, 0.4) is 0 Å². The monoisotopic (exact) mass is 680 g/mol. The maximum Gasteiger partial charge on any atom is 0.328 e. The van der Waals surface area contributed by atoms with Crippen molar-refractivity contribution in [1.82, 2.24) is 30.1 Å². The van der Waals surface area contributed by atoms with Crippen molar-refractivity contribution in [3.05, 3.63) is 84.0 Å². The van der Waals surface area contributed by atoms with Gasteiger partial charge < -0.3 is 34.8 Å². The second kappa shape index (κ2) is 17.8. The van der Waals surface area contributed by atoms with E-state index in [4.69, 9.17) is 19.7 Å². The van der Waals surface area contributed by atoms with Crippen LogP contribution in [0.5, 0.6) is 5.75 Å². The number of aliphatic carboxylic acids is 2. The molecule has 3 aromatic rings. The van der Waals surface area contributed by atoms with Crippen LogP contribution in [-0.2, 0) is 25.7 Å². The molecule has 2 amide bonds. The molecular weight excluding hydrogens is 639 g/mol. The average molecular weight is 681 g/mol. The fraction of sp³-hybridized carbons (Fsp3) is 0.412. The third-order valence-corrected chi connectivity index (χ3v) is 7.80. The zero-order valence-corrected chi connectivity index (χ0v) is 27.4. The van der Waals surface area contributed by atoms with E-state index in [2.05, 4.69) is 15.6 Å². The first-order valence-electron chi connectivity index (χ1n) is 15.9. The maximum atomic E-state index is 14.8. The van der Waals surface area contributed by atoms with E-state index in [0.29, 0.717) is 76.0 Å². The molecular formula is C34H41FN6O8. The lowest BCUT2D eigenvalue weighted by Gasteiger charge is -2.40. The number of hydrogen-bond acceptors (Lipinski definition) is 9. The molecule has 2 saturated heterocycles. The van der Waals surface area contributed by atoms with Gasteiger partial charge in [-0.05, 0) is 36.6 Å². The Bertz CT molecular complexity index is 1590. The highest BCUT2D eigenvalue weighted by Gasteiger charge is 2.37. The van der Waals surface area contributed by atoms with Gasteiger partial charge in [0.05, 0.1) is 19.1 Å². The fourth-order valence-corrected chi connectivity index (χ4v) is 5.54. The number of halogens is 1. The number of carboxylic acid groups (broad SMARTS) is 2. The Balaban J connectivity index is 0.000000603. The molecule has 14 nitrogen and oxygen atoms in total. The number of morpholine rings is 1. The minimum Gasteiger partial charge on any atom is -0.487 e. The Kier molecular flexibility index (Phi) is 13.4. The highest BCUT2D eigenvalue weighted by atomic mass is 19.1. The standard InChI is InChI=1S/C30H37FN6O4.C4H4O4/c1-21(2)19-36(23-16-22(17-32-18-23)29(38)35-12-14-40-15-13-35)30(39)28-27(20-41-24-8-4-3-5-9-24)37(34-33-28)26-11-7-6-10-25(26)31;5-3(6)1-2-4(7)8/h3-11,21-23,32H,12-20H2,1-2H3;1-2H,(H,5,6)(H,7,8)/t22-,23+;/m1./s1. The van der Waals surface area contributed by atoms with Crippen LogP contribution < -0.4 is 10.1 Å². The summed E-state index contributed by atoms with van der Waals surface area (Å²) in [5.41, 5.74) is 0.630. The largest absolute Gasteiger partial charge is 0.487 e. The zero-order chi connectivity index (χ0) is 35.3. The Labute approximate surface area is 283 Å². The Hall–Kier alpha value is -5.15. The number of carbonyl (C=O) groups excluding carboxylic acids is 2. The number of ether oxygens (including phenoxy) is 2. The van der Waals surface area contributed by atoms with Crippen LogP contribution in [0.1, 0.15) is 36.5 Å². The van der Waals surface area contributed by atoms with Crippen LogP contribution in [0.2, 0.25) is 0 Å². The smallest absolute Gasteiger partial charge is 0.328 e. The molecule has 15 heteroatoms. The van der Waals surface area contributed by atoms with Gasteiger partial charge >= 0.3 is 11.9 Å². The van der Waals surface area contributed by atoms with E-state index in [1.165, 1.54) is 10.7 Å². The molecule has 0 spiro atoms. The first-order chi connectivity index (χ1) is 23.5. The number of carbonyl (C=O) groups is 4. The number of piperidine rings is 1. The highest BCUT2D eigenvalue weighted by Crippen LogP contribution is 2.25. The summed E-state index contributed by atoms with van der Waals surface area (Å²) in [5, 5.41) is 27.5. The van der Waals surface area contributed by atoms with Gasteiger partial charge in [0.1, 0.15) is 29.6 Å². The van der Waals surface area contributed by atoms with Gasteiger partial charge in [0.25, 0.3) is 5.91 Å². The minimum atomic E-state index is -1.26. The summed E-state index contributed by atoms with van der Waals surface area (Å²) in [7, 11) is 0. The summed E-state index contributed by atoms with van der Waals surface area (Å²) in [6, 6.07) is 15.2. The number of amides is 2. The van der Waals surface area contributed by atoms with Crippen molar-refractivity contribution >= 4 is 23.8 Å². The van der Waals surface area contributed by atoms with E-state index in [0.717, 1.165) is 0 Å². The summed E-state index contributed by atoms with van der Waals surface area (Å²) < 4.78 is 27.6. The van der Waals surface area contributed by atoms with Crippen LogP contribution >= 0.6 is 0 Å². The van der Waals surface area contributed by atoms with Gasteiger partial charge in [-0.3, -0.25) is 9.59 Å². The van der Waals surface area contributed by atoms with Gasteiger partial charge in [0, 0.05) is 50.9 Å². The molecule has 0 radical (unpaired) electrons. The summed E-state index contributed by atoms with van der Waals surface area (Å²) >= 11 is 0. The quantitative estimate of drug-likeness (QED) is 0.254. The predicted molar refractivity (Wildman–Crippen MR) is 175 cm³/mol. The van der Waals surface area contributed by atoms with Gasteiger partial charge in [-0.25, -0.2) is 18.7 Å². The molecule has 0 aliphatic carbocycles. The van der Waals surface area contributed by atoms with Crippen LogP contribution in [0.25, 0.3) is 5.69 Å². The number of aromatic nitrogens is 3. The van der Waals surface area contributed by atoms with Crippen molar-refractivity contribution in [1.29, 1.82) is 0 Å². The van der Waals surface area contributed by atoms with Crippen LogP contribution in [0, 0.1) is 17.7 Å². The third kappa shape index (κ3) is 10.4. The Morgan fingerprint density at radius 1 is 1.02 bits per heavy atom. The van der Waals surface area contributed by atoms with E-state index in [-0.39, 0.29) is 47.7 Å². The third-order valence-electron chi connectivity index (χ3n) is 7.80. The summed E-state index contributed by atoms with van der Waals surface area (Å²) in [5.74, 6) is -2.71. The van der Waals surface area contributed by atoms with Crippen LogP contribution in [-0.4, -0.2) is 111 Å². The normalized spacial score (nSPS) is 17.7. The molecule has 3 heterocycles. The fourth-order valence-electron chi connectivity index (χ4n) is 5.54. The van der Waals surface area contributed by atoms with Crippen molar-refractivity contribution in [2.24, 2.45) is 11.8 Å². The van der Waals surface area contributed by atoms with Crippen molar-refractivity contribution < 1.29 is 43.3 Å². The van der Waals surface area contributed by atoms with Crippen molar-refractivity contribution in [3.8, 4) is 11.4 Å². The first kappa shape index (κ1) is 36.7. The average Bonchev–Trinajstić information content (AvgIpc) is 3.53. The first-order valence-corrected chi connectivity index (χ1v) is 15.9. The topological polar surface area (TPSA) is 176 Å². The van der Waals surface area contributed by atoms with E-state index < -0.39 is 17.8 Å². The zero-order valence-electron chi connectivity index (χ0n) is 27.4. The number of hydrogen-bond donors (Lipinski definition) is 3. The Morgan fingerprint density at radius 2 is 1.67 bits per heavy atom. The molecule has 1 aromatic heterocycles. The second-order valence-electron chi connectivity index (χ2n) is 11.9. The Morgan fingerprint density at radius 3 is 2.31 bits per heavy atom. The van der Waals surface area contributed by atoms with Crippen molar-refractivity contribution in [2.75, 3.05) is 45.9 Å². The molecule has 3 N–H and O–H groups in total.